The van der Waals surface area contributed by atoms with Crippen molar-refractivity contribution in [3.05, 3.63) is 0 Å². The van der Waals surface area contributed by atoms with Gasteiger partial charge in [-0.3, -0.25) is 4.79 Å². The van der Waals surface area contributed by atoms with E-state index in [-0.39, 0.29) is 5.91 Å². The summed E-state index contributed by atoms with van der Waals surface area (Å²) in [6.07, 6.45) is 3.15. The second-order valence-corrected chi connectivity index (χ2v) is 5.28. The van der Waals surface area contributed by atoms with Crippen molar-refractivity contribution in [2.45, 2.75) is 32.6 Å². The minimum absolute atomic E-state index is 0.103. The van der Waals surface area contributed by atoms with Crippen LogP contribution in [-0.2, 0) is 14.3 Å². The summed E-state index contributed by atoms with van der Waals surface area (Å²) in [5.74, 6) is 0.382. The summed E-state index contributed by atoms with van der Waals surface area (Å²) >= 11 is 0. The normalized spacial score (nSPS) is 25.4. The molecule has 1 saturated carbocycles. The largest absolute Gasteiger partial charge is 0.382 e. The second-order valence-electron chi connectivity index (χ2n) is 5.28. The van der Waals surface area contributed by atoms with Crippen molar-refractivity contribution in [1.29, 1.82) is 5.26 Å². The lowest BCUT2D eigenvalue weighted by molar-refractivity contribution is -0.133. The van der Waals surface area contributed by atoms with Crippen LogP contribution in [0.5, 0.6) is 0 Å². The first-order valence-corrected chi connectivity index (χ1v) is 6.91. The lowest BCUT2D eigenvalue weighted by Crippen LogP contribution is -2.48. The molecule has 1 aliphatic carbocycles. The average Bonchev–Trinajstić information content (AvgIpc) is 2.37. The van der Waals surface area contributed by atoms with Crippen molar-refractivity contribution in [3.63, 3.8) is 0 Å². The van der Waals surface area contributed by atoms with Crippen molar-refractivity contribution in [2.24, 2.45) is 11.3 Å². The summed E-state index contributed by atoms with van der Waals surface area (Å²) in [7, 11) is 1.64. The van der Waals surface area contributed by atoms with Crippen LogP contribution in [0, 0.1) is 22.7 Å². The van der Waals surface area contributed by atoms with Gasteiger partial charge in [0, 0.05) is 20.3 Å². The summed E-state index contributed by atoms with van der Waals surface area (Å²) in [4.78, 5) is 11.9. The molecule has 1 aliphatic rings. The van der Waals surface area contributed by atoms with E-state index in [2.05, 4.69) is 18.3 Å². The summed E-state index contributed by atoms with van der Waals surface area (Å²) in [5.41, 5.74) is -0.756. The molecular formula is C14H24N2O3. The van der Waals surface area contributed by atoms with Gasteiger partial charge in [-0.15, -0.1) is 0 Å². The maximum absolute atomic E-state index is 11.9. The van der Waals surface area contributed by atoms with Gasteiger partial charge in [-0.1, -0.05) is 6.92 Å². The zero-order valence-electron chi connectivity index (χ0n) is 11.9. The van der Waals surface area contributed by atoms with E-state index in [4.69, 9.17) is 14.7 Å². The number of carbonyl (C=O) groups excluding carboxylic acids is 1. The standard InChI is InChI=1S/C14H24N2O3/c1-12-9-14(10-12,11-15)13(17)16-5-3-4-6-19-8-7-18-2/h12H,3-10H2,1-2H3,(H,16,17). The molecule has 0 aliphatic heterocycles. The van der Waals surface area contributed by atoms with Crippen LogP contribution in [-0.4, -0.2) is 39.4 Å². The molecule has 5 nitrogen and oxygen atoms in total. The number of ether oxygens (including phenoxy) is 2. The van der Waals surface area contributed by atoms with Crippen LogP contribution in [0.15, 0.2) is 0 Å². The molecule has 0 aromatic carbocycles. The maximum atomic E-state index is 11.9. The van der Waals surface area contributed by atoms with Gasteiger partial charge in [0.15, 0.2) is 0 Å². The number of carbonyl (C=O) groups is 1. The van der Waals surface area contributed by atoms with Gasteiger partial charge in [0.2, 0.25) is 5.91 Å². The molecule has 0 saturated heterocycles. The Bertz CT molecular complexity index is 319. The fourth-order valence-corrected chi connectivity index (χ4v) is 2.40. The second kappa shape index (κ2) is 8.13. The number of methoxy groups -OCH3 is 1. The van der Waals surface area contributed by atoms with Gasteiger partial charge >= 0.3 is 0 Å². The molecule has 108 valence electrons. The van der Waals surface area contributed by atoms with E-state index in [1.807, 2.05) is 0 Å². The molecule has 1 amide bonds. The van der Waals surface area contributed by atoms with E-state index in [9.17, 15) is 4.79 Å². The van der Waals surface area contributed by atoms with E-state index in [1.165, 1.54) is 0 Å². The molecule has 0 radical (unpaired) electrons. The van der Waals surface area contributed by atoms with Crippen LogP contribution in [0.2, 0.25) is 0 Å². The van der Waals surface area contributed by atoms with Crippen LogP contribution in [0.4, 0.5) is 0 Å². The van der Waals surface area contributed by atoms with E-state index in [1.54, 1.807) is 7.11 Å². The van der Waals surface area contributed by atoms with Gasteiger partial charge < -0.3 is 14.8 Å². The Kier molecular flexibility index (Phi) is 6.82. The summed E-state index contributed by atoms with van der Waals surface area (Å²) in [5, 5.41) is 12.0. The zero-order valence-corrected chi connectivity index (χ0v) is 11.9. The minimum Gasteiger partial charge on any atom is -0.382 e. The van der Waals surface area contributed by atoms with Gasteiger partial charge in [-0.05, 0) is 31.6 Å². The number of rotatable bonds is 9. The highest BCUT2D eigenvalue weighted by atomic mass is 16.5. The number of nitrogens with zero attached hydrogens (tertiary/aromatic N) is 1. The Morgan fingerprint density at radius 2 is 2.11 bits per heavy atom. The number of nitrogens with one attached hydrogen (secondary N) is 1. The molecule has 0 atom stereocenters. The first-order chi connectivity index (χ1) is 9.14. The van der Waals surface area contributed by atoms with E-state index in [0.717, 1.165) is 12.8 Å². The molecule has 0 aromatic rings. The zero-order chi connectivity index (χ0) is 14.1. The quantitative estimate of drug-likeness (QED) is 0.643. The van der Waals surface area contributed by atoms with E-state index >= 15 is 0 Å². The van der Waals surface area contributed by atoms with Crippen molar-refractivity contribution < 1.29 is 14.3 Å². The number of hydrogen-bond acceptors (Lipinski definition) is 4. The van der Waals surface area contributed by atoms with Gasteiger partial charge in [0.05, 0.1) is 19.3 Å². The van der Waals surface area contributed by atoms with Crippen LogP contribution in [0.1, 0.15) is 32.6 Å². The van der Waals surface area contributed by atoms with Crippen molar-refractivity contribution >= 4 is 5.91 Å². The molecule has 0 unspecified atom stereocenters. The summed E-state index contributed by atoms with van der Waals surface area (Å²) < 4.78 is 10.2. The number of hydrogen-bond donors (Lipinski definition) is 1. The maximum Gasteiger partial charge on any atom is 0.240 e. The third-order valence-electron chi connectivity index (χ3n) is 3.48. The smallest absolute Gasteiger partial charge is 0.240 e. The predicted molar refractivity (Wildman–Crippen MR) is 71.4 cm³/mol. The van der Waals surface area contributed by atoms with Gasteiger partial charge in [0.1, 0.15) is 5.41 Å². The first-order valence-electron chi connectivity index (χ1n) is 6.91. The number of unbranched alkanes of at least 4 members (excludes halogenated alkanes) is 1. The molecule has 1 rings (SSSR count). The Balaban J connectivity index is 2.03. The average molecular weight is 268 g/mol. The van der Waals surface area contributed by atoms with Gasteiger partial charge in [0.25, 0.3) is 0 Å². The van der Waals surface area contributed by atoms with Crippen molar-refractivity contribution in [3.8, 4) is 6.07 Å². The highest BCUT2D eigenvalue weighted by Gasteiger charge is 2.48. The van der Waals surface area contributed by atoms with E-state index < -0.39 is 5.41 Å². The van der Waals surface area contributed by atoms with Crippen LogP contribution < -0.4 is 5.32 Å². The van der Waals surface area contributed by atoms with Crippen molar-refractivity contribution in [1.82, 2.24) is 5.32 Å². The Labute approximate surface area is 115 Å². The lowest BCUT2D eigenvalue weighted by Gasteiger charge is -2.39. The molecule has 0 bridgehead atoms. The Morgan fingerprint density at radius 3 is 2.68 bits per heavy atom. The van der Waals surface area contributed by atoms with Gasteiger partial charge in [-0.25, -0.2) is 0 Å². The highest BCUT2D eigenvalue weighted by Crippen LogP contribution is 2.44. The molecule has 5 heteroatoms. The van der Waals surface area contributed by atoms with Crippen molar-refractivity contribution in [2.75, 3.05) is 33.5 Å². The number of nitriles is 1. The molecule has 19 heavy (non-hydrogen) atoms. The monoisotopic (exact) mass is 268 g/mol. The molecule has 0 spiro atoms. The molecular weight excluding hydrogens is 244 g/mol. The molecule has 1 fully saturated rings. The first kappa shape index (κ1) is 15.9. The number of amides is 1. The minimum atomic E-state index is -0.756. The fraction of sp³-hybridized carbons (Fsp3) is 0.857. The fourth-order valence-electron chi connectivity index (χ4n) is 2.40. The third kappa shape index (κ3) is 4.81. The highest BCUT2D eigenvalue weighted by molar-refractivity contribution is 5.86. The molecule has 1 N–H and O–H groups in total. The Morgan fingerprint density at radius 1 is 1.37 bits per heavy atom. The van der Waals surface area contributed by atoms with Crippen LogP contribution in [0.3, 0.4) is 0 Å². The van der Waals surface area contributed by atoms with Crippen LogP contribution in [0.25, 0.3) is 0 Å². The predicted octanol–water partition coefficient (Wildman–Crippen LogP) is 1.49. The topological polar surface area (TPSA) is 71.3 Å². The SMILES string of the molecule is COCCOCCCCNC(=O)C1(C#N)CC(C)C1. The van der Waals surface area contributed by atoms with Crippen LogP contribution >= 0.6 is 0 Å². The lowest BCUT2D eigenvalue weighted by atomic mass is 9.63. The summed E-state index contributed by atoms with van der Waals surface area (Å²) in [6, 6.07) is 2.17. The van der Waals surface area contributed by atoms with Gasteiger partial charge in [-0.2, -0.15) is 5.26 Å². The molecule has 0 heterocycles. The Hall–Kier alpha value is -1.12. The molecule has 0 aromatic heterocycles. The van der Waals surface area contributed by atoms with E-state index in [0.29, 0.717) is 45.1 Å². The summed E-state index contributed by atoms with van der Waals surface area (Å²) in [6.45, 7) is 4.59. The third-order valence-corrected chi connectivity index (χ3v) is 3.48.